The van der Waals surface area contributed by atoms with Gasteiger partial charge in [0, 0.05) is 37.5 Å². The lowest BCUT2D eigenvalue weighted by Crippen LogP contribution is -2.51. The van der Waals surface area contributed by atoms with Crippen LogP contribution in [0.4, 0.5) is 0 Å². The summed E-state index contributed by atoms with van der Waals surface area (Å²) in [4.78, 5) is 31.4. The van der Waals surface area contributed by atoms with Gasteiger partial charge in [-0.1, -0.05) is 24.3 Å². The predicted octanol–water partition coefficient (Wildman–Crippen LogP) is 3.22. The van der Waals surface area contributed by atoms with Crippen LogP contribution in [0.5, 0.6) is 0 Å². The molecule has 6 heteroatoms. The average molecular weight is 408 g/mol. The molecule has 0 saturated carbocycles. The molecule has 1 unspecified atom stereocenters. The van der Waals surface area contributed by atoms with Crippen LogP contribution in [0.25, 0.3) is 0 Å². The number of aryl methyl sites for hydroxylation is 1. The van der Waals surface area contributed by atoms with Gasteiger partial charge in [-0.05, 0) is 62.8 Å². The Bertz CT molecular complexity index is 892. The molecule has 2 amide bonds. The molecule has 0 bridgehead atoms. The third kappa shape index (κ3) is 4.70. The number of hydrogen-bond donors (Lipinski definition) is 1. The number of nitrogens with one attached hydrogen (secondary N) is 1. The van der Waals surface area contributed by atoms with Gasteiger partial charge in [-0.3, -0.25) is 9.59 Å². The van der Waals surface area contributed by atoms with Crippen molar-refractivity contribution in [1.82, 2.24) is 15.2 Å². The molecule has 2 aliphatic heterocycles. The normalized spacial score (nSPS) is 20.7. The first-order chi connectivity index (χ1) is 14.5. The zero-order valence-corrected chi connectivity index (χ0v) is 17.5. The highest BCUT2D eigenvalue weighted by Gasteiger charge is 2.41. The van der Waals surface area contributed by atoms with Gasteiger partial charge in [0.25, 0.3) is 11.8 Å². The molecule has 1 aromatic heterocycles. The van der Waals surface area contributed by atoms with Crippen LogP contribution in [0.15, 0.2) is 48.5 Å². The molecular formula is C24H29N3O3. The lowest BCUT2D eigenvalue weighted by molar-refractivity contribution is -0.122. The summed E-state index contributed by atoms with van der Waals surface area (Å²) in [5.74, 6) is 0.366. The summed E-state index contributed by atoms with van der Waals surface area (Å²) in [6.07, 6.45) is 3.53. The summed E-state index contributed by atoms with van der Waals surface area (Å²) < 4.78 is 6.21. The molecule has 0 aliphatic carbocycles. The van der Waals surface area contributed by atoms with E-state index in [0.29, 0.717) is 43.4 Å². The number of carbonyl (C=O) groups excluding carboxylic acids is 2. The molecular weight excluding hydrogens is 378 g/mol. The van der Waals surface area contributed by atoms with Crippen molar-refractivity contribution in [2.45, 2.75) is 38.2 Å². The summed E-state index contributed by atoms with van der Waals surface area (Å²) in [5.41, 5.74) is 1.87. The average Bonchev–Trinajstić information content (AvgIpc) is 2.78. The second kappa shape index (κ2) is 8.96. The zero-order valence-electron chi connectivity index (χ0n) is 17.5. The first-order valence-corrected chi connectivity index (χ1v) is 10.7. The van der Waals surface area contributed by atoms with Gasteiger partial charge in [0.1, 0.15) is 5.69 Å². The highest BCUT2D eigenvalue weighted by Crippen LogP contribution is 2.37. The van der Waals surface area contributed by atoms with Crippen molar-refractivity contribution in [2.75, 3.05) is 26.2 Å². The topological polar surface area (TPSA) is 71.5 Å². The second-order valence-corrected chi connectivity index (χ2v) is 8.42. The Balaban J connectivity index is 1.30. The Morgan fingerprint density at radius 3 is 2.63 bits per heavy atom. The molecule has 2 aliphatic rings. The van der Waals surface area contributed by atoms with Crippen LogP contribution in [0, 0.1) is 12.8 Å². The molecule has 1 N–H and O–H groups in total. The van der Waals surface area contributed by atoms with Crippen LogP contribution in [0.2, 0.25) is 0 Å². The van der Waals surface area contributed by atoms with Crippen molar-refractivity contribution in [3.63, 3.8) is 0 Å². The maximum Gasteiger partial charge on any atom is 0.272 e. The van der Waals surface area contributed by atoms with Crippen molar-refractivity contribution in [1.29, 1.82) is 0 Å². The van der Waals surface area contributed by atoms with Gasteiger partial charge in [-0.2, -0.15) is 0 Å². The van der Waals surface area contributed by atoms with Crippen molar-refractivity contribution in [3.8, 4) is 0 Å². The number of pyridine rings is 1. The molecule has 158 valence electrons. The SMILES string of the molecule is Cc1cccc(C(=O)N2CCC3(CC2)CC(CNC(=O)c2ccccc2)CCO3)n1. The maximum atomic E-state index is 12.8. The van der Waals surface area contributed by atoms with E-state index in [1.54, 1.807) is 6.07 Å². The molecule has 6 nitrogen and oxygen atoms in total. The first kappa shape index (κ1) is 20.5. The number of aromatic nitrogens is 1. The number of carbonyl (C=O) groups is 2. The fourth-order valence-corrected chi connectivity index (χ4v) is 4.52. The van der Waals surface area contributed by atoms with Crippen LogP contribution in [0.3, 0.4) is 0 Å². The van der Waals surface area contributed by atoms with Crippen LogP contribution in [-0.4, -0.2) is 53.5 Å². The number of hydrogen-bond acceptors (Lipinski definition) is 4. The maximum absolute atomic E-state index is 12.8. The van der Waals surface area contributed by atoms with Crippen LogP contribution < -0.4 is 5.32 Å². The lowest BCUT2D eigenvalue weighted by atomic mass is 9.79. The van der Waals surface area contributed by atoms with Crippen molar-refractivity contribution in [3.05, 3.63) is 65.5 Å². The van der Waals surface area contributed by atoms with Gasteiger partial charge in [0.2, 0.25) is 0 Å². The minimum absolute atomic E-state index is 0.00367. The molecule has 4 rings (SSSR count). The number of piperidine rings is 1. The monoisotopic (exact) mass is 407 g/mol. The number of nitrogens with zero attached hydrogens (tertiary/aromatic N) is 2. The van der Waals surface area contributed by atoms with Gasteiger partial charge in [-0.25, -0.2) is 4.98 Å². The van der Waals surface area contributed by atoms with E-state index in [1.165, 1.54) is 0 Å². The van der Waals surface area contributed by atoms with Gasteiger partial charge >= 0.3 is 0 Å². The molecule has 1 spiro atoms. The quantitative estimate of drug-likeness (QED) is 0.845. The highest BCUT2D eigenvalue weighted by atomic mass is 16.5. The minimum Gasteiger partial charge on any atom is -0.375 e. The largest absolute Gasteiger partial charge is 0.375 e. The van der Waals surface area contributed by atoms with E-state index in [2.05, 4.69) is 10.3 Å². The van der Waals surface area contributed by atoms with Gasteiger partial charge in [-0.15, -0.1) is 0 Å². The summed E-state index contributed by atoms with van der Waals surface area (Å²) in [5, 5.41) is 3.08. The number of rotatable bonds is 4. The first-order valence-electron chi connectivity index (χ1n) is 10.7. The van der Waals surface area contributed by atoms with E-state index < -0.39 is 0 Å². The van der Waals surface area contributed by atoms with E-state index in [-0.39, 0.29) is 17.4 Å². The van der Waals surface area contributed by atoms with Crippen LogP contribution in [0.1, 0.15) is 52.2 Å². The molecule has 2 fully saturated rings. The molecule has 2 aromatic rings. The van der Waals surface area contributed by atoms with E-state index in [9.17, 15) is 9.59 Å². The van der Waals surface area contributed by atoms with Gasteiger partial charge in [0.05, 0.1) is 5.60 Å². The molecule has 0 radical (unpaired) electrons. The Morgan fingerprint density at radius 1 is 1.13 bits per heavy atom. The number of likely N-dealkylation sites (tertiary alicyclic amines) is 1. The summed E-state index contributed by atoms with van der Waals surface area (Å²) in [6, 6.07) is 14.9. The smallest absolute Gasteiger partial charge is 0.272 e. The highest BCUT2D eigenvalue weighted by molar-refractivity contribution is 5.94. The minimum atomic E-state index is -0.183. The number of benzene rings is 1. The second-order valence-electron chi connectivity index (χ2n) is 8.42. The predicted molar refractivity (Wildman–Crippen MR) is 114 cm³/mol. The van der Waals surface area contributed by atoms with E-state index in [4.69, 9.17) is 4.74 Å². The van der Waals surface area contributed by atoms with Crippen molar-refractivity contribution in [2.24, 2.45) is 5.92 Å². The number of amides is 2. The molecule has 1 atom stereocenters. The Morgan fingerprint density at radius 2 is 1.90 bits per heavy atom. The van der Waals surface area contributed by atoms with E-state index in [1.807, 2.05) is 54.3 Å². The molecule has 30 heavy (non-hydrogen) atoms. The van der Waals surface area contributed by atoms with Crippen LogP contribution in [-0.2, 0) is 4.74 Å². The van der Waals surface area contributed by atoms with Crippen LogP contribution >= 0.6 is 0 Å². The Labute approximate surface area is 177 Å². The summed E-state index contributed by atoms with van der Waals surface area (Å²) in [6.45, 7) is 4.62. The third-order valence-corrected chi connectivity index (χ3v) is 6.25. The molecule has 3 heterocycles. The molecule has 2 saturated heterocycles. The number of ether oxygens (including phenoxy) is 1. The fraction of sp³-hybridized carbons (Fsp3) is 0.458. The van der Waals surface area contributed by atoms with E-state index in [0.717, 1.165) is 31.4 Å². The van der Waals surface area contributed by atoms with Gasteiger partial charge < -0.3 is 15.0 Å². The zero-order chi connectivity index (χ0) is 21.0. The summed E-state index contributed by atoms with van der Waals surface area (Å²) in [7, 11) is 0. The fourth-order valence-electron chi connectivity index (χ4n) is 4.52. The van der Waals surface area contributed by atoms with Crippen molar-refractivity contribution < 1.29 is 14.3 Å². The van der Waals surface area contributed by atoms with Crippen molar-refractivity contribution >= 4 is 11.8 Å². The molecule has 1 aromatic carbocycles. The van der Waals surface area contributed by atoms with E-state index >= 15 is 0 Å². The Hall–Kier alpha value is -2.73. The lowest BCUT2D eigenvalue weighted by Gasteiger charge is -2.46. The Kier molecular flexibility index (Phi) is 6.13. The van der Waals surface area contributed by atoms with Gasteiger partial charge in [0.15, 0.2) is 0 Å². The summed E-state index contributed by atoms with van der Waals surface area (Å²) >= 11 is 0. The third-order valence-electron chi connectivity index (χ3n) is 6.25. The standard InChI is InChI=1S/C24H29N3O3/c1-18-6-5-9-21(26-18)23(29)27-13-11-24(12-14-27)16-19(10-15-30-24)17-25-22(28)20-7-3-2-4-8-20/h2-9,19H,10-17H2,1H3,(H,25,28).